The van der Waals surface area contributed by atoms with Gasteiger partial charge in [0.15, 0.2) is 12.6 Å². The van der Waals surface area contributed by atoms with Gasteiger partial charge < -0.3 is 71.9 Å². The van der Waals surface area contributed by atoms with E-state index in [1.165, 1.54) is 0 Å². The smallest absolute Gasteiger partial charge is 0.187 e. The Balaban J connectivity index is 1.78. The van der Waals surface area contributed by atoms with Crippen LogP contribution in [0.15, 0.2) is 0 Å². The molecule has 0 amide bonds. The van der Waals surface area contributed by atoms with Crippen molar-refractivity contribution in [3.63, 3.8) is 0 Å². The molecule has 2 saturated heterocycles. The average molecular weight is 455 g/mol. The maximum atomic E-state index is 10.6. The standard InChI is InChI=1S/C17H33N3O11/c18-4-1-5(19)14(30-16-8(20)12(26)10(24)6(2-21)28-16)15(9(4)23)31-17-13(27)11(25)7(3-22)29-17/h4-17,21-27H,1-3,18-20H2/t4?,5?,6?,7-,8-,9-,10-,11?,12?,13+,14-,15?,16-,17+/m1/s1. The van der Waals surface area contributed by atoms with Crippen molar-refractivity contribution in [3.8, 4) is 0 Å². The first-order chi connectivity index (χ1) is 14.6. The van der Waals surface area contributed by atoms with Crippen LogP contribution in [0, 0.1) is 0 Å². The van der Waals surface area contributed by atoms with Crippen molar-refractivity contribution in [2.24, 2.45) is 17.2 Å². The Morgan fingerprint density at radius 1 is 0.645 bits per heavy atom. The van der Waals surface area contributed by atoms with Crippen LogP contribution in [0.4, 0.5) is 0 Å². The van der Waals surface area contributed by atoms with Gasteiger partial charge in [0.2, 0.25) is 0 Å². The number of ether oxygens (including phenoxy) is 4. The molecular formula is C17H33N3O11. The van der Waals surface area contributed by atoms with E-state index in [1.807, 2.05) is 0 Å². The van der Waals surface area contributed by atoms with E-state index in [1.54, 1.807) is 0 Å². The van der Waals surface area contributed by atoms with Crippen LogP contribution >= 0.6 is 0 Å². The summed E-state index contributed by atoms with van der Waals surface area (Å²) in [5.41, 5.74) is 18.0. The topological polar surface area (TPSA) is 257 Å². The summed E-state index contributed by atoms with van der Waals surface area (Å²) < 4.78 is 22.2. The number of hydrogen-bond acceptors (Lipinski definition) is 14. The molecule has 31 heavy (non-hydrogen) atoms. The van der Waals surface area contributed by atoms with Crippen molar-refractivity contribution in [3.05, 3.63) is 0 Å². The average Bonchev–Trinajstić information content (AvgIpc) is 3.02. The van der Waals surface area contributed by atoms with Gasteiger partial charge in [-0.2, -0.15) is 0 Å². The van der Waals surface area contributed by atoms with Gasteiger partial charge in [0.25, 0.3) is 0 Å². The Hall–Kier alpha value is -0.560. The third-order valence-electron chi connectivity index (χ3n) is 6.07. The van der Waals surface area contributed by atoms with Gasteiger partial charge in [-0.3, -0.25) is 0 Å². The maximum absolute atomic E-state index is 10.6. The molecule has 3 aliphatic rings. The van der Waals surface area contributed by atoms with Gasteiger partial charge >= 0.3 is 0 Å². The fourth-order valence-electron chi connectivity index (χ4n) is 4.12. The first-order valence-electron chi connectivity index (χ1n) is 10.1. The highest BCUT2D eigenvalue weighted by atomic mass is 16.7. The van der Waals surface area contributed by atoms with E-state index in [2.05, 4.69) is 0 Å². The zero-order valence-electron chi connectivity index (χ0n) is 16.7. The van der Waals surface area contributed by atoms with E-state index in [9.17, 15) is 35.7 Å². The van der Waals surface area contributed by atoms with Crippen molar-refractivity contribution < 1.29 is 54.7 Å². The van der Waals surface area contributed by atoms with Crippen molar-refractivity contribution in [2.45, 2.75) is 92.1 Å². The van der Waals surface area contributed by atoms with E-state index >= 15 is 0 Å². The number of nitrogens with two attached hydrogens (primary N) is 3. The zero-order chi connectivity index (χ0) is 23.0. The summed E-state index contributed by atoms with van der Waals surface area (Å²) in [7, 11) is 0. The predicted molar refractivity (Wildman–Crippen MR) is 99.8 cm³/mol. The molecule has 0 aromatic heterocycles. The van der Waals surface area contributed by atoms with Crippen LogP contribution in [0.5, 0.6) is 0 Å². The second-order valence-electron chi connectivity index (χ2n) is 8.25. The number of hydrogen-bond donors (Lipinski definition) is 10. The third kappa shape index (κ3) is 4.87. The van der Waals surface area contributed by atoms with Crippen molar-refractivity contribution in [1.82, 2.24) is 0 Å². The minimum Gasteiger partial charge on any atom is -0.394 e. The summed E-state index contributed by atoms with van der Waals surface area (Å²) in [6.07, 6.45) is -14.5. The van der Waals surface area contributed by atoms with Crippen LogP contribution < -0.4 is 17.2 Å². The minimum atomic E-state index is -1.52. The summed E-state index contributed by atoms with van der Waals surface area (Å²) in [5, 5.41) is 69.4. The van der Waals surface area contributed by atoms with Crippen LogP contribution in [0.2, 0.25) is 0 Å². The summed E-state index contributed by atoms with van der Waals surface area (Å²) in [5.74, 6) is 0. The number of aliphatic hydroxyl groups is 7. The maximum Gasteiger partial charge on any atom is 0.187 e. The van der Waals surface area contributed by atoms with E-state index in [0.29, 0.717) is 0 Å². The molecule has 14 heteroatoms. The zero-order valence-corrected chi connectivity index (χ0v) is 16.7. The lowest BCUT2D eigenvalue weighted by Gasteiger charge is -2.47. The van der Waals surface area contributed by atoms with Gasteiger partial charge in [-0.15, -0.1) is 0 Å². The lowest BCUT2D eigenvalue weighted by atomic mass is 9.84. The number of aliphatic hydroxyl groups excluding tert-OH is 7. The first kappa shape index (κ1) is 25.1. The Bertz CT molecular complexity index is 590. The highest BCUT2D eigenvalue weighted by Crippen LogP contribution is 2.32. The molecule has 6 unspecified atom stereocenters. The van der Waals surface area contributed by atoms with Crippen molar-refractivity contribution in [2.75, 3.05) is 13.2 Å². The fraction of sp³-hybridized carbons (Fsp3) is 1.00. The van der Waals surface area contributed by atoms with E-state index < -0.39 is 98.9 Å². The summed E-state index contributed by atoms with van der Waals surface area (Å²) in [4.78, 5) is 0. The molecule has 14 atom stereocenters. The van der Waals surface area contributed by atoms with Crippen LogP contribution in [0.3, 0.4) is 0 Å². The minimum absolute atomic E-state index is 0.123. The molecule has 0 bridgehead atoms. The van der Waals surface area contributed by atoms with E-state index in [4.69, 9.17) is 36.1 Å². The molecule has 0 radical (unpaired) electrons. The van der Waals surface area contributed by atoms with Gasteiger partial charge in [0.1, 0.15) is 48.8 Å². The van der Waals surface area contributed by atoms with E-state index in [0.717, 1.165) is 0 Å². The molecule has 2 heterocycles. The molecule has 0 aromatic rings. The quantitative estimate of drug-likeness (QED) is 0.179. The number of rotatable bonds is 6. The molecule has 14 nitrogen and oxygen atoms in total. The molecule has 182 valence electrons. The predicted octanol–water partition coefficient (Wildman–Crippen LogP) is -6.62. The highest BCUT2D eigenvalue weighted by Gasteiger charge is 2.52. The molecule has 0 spiro atoms. The second-order valence-corrected chi connectivity index (χ2v) is 8.25. The Kier molecular flexibility index (Phi) is 8.21. The Labute approximate surface area is 178 Å². The van der Waals surface area contributed by atoms with Crippen LogP contribution in [-0.4, -0.2) is 135 Å². The van der Waals surface area contributed by atoms with Gasteiger partial charge in [-0.1, -0.05) is 0 Å². The van der Waals surface area contributed by atoms with Crippen LogP contribution in [0.25, 0.3) is 0 Å². The van der Waals surface area contributed by atoms with Gasteiger partial charge in [-0.25, -0.2) is 0 Å². The third-order valence-corrected chi connectivity index (χ3v) is 6.07. The summed E-state index contributed by atoms with van der Waals surface area (Å²) in [6.45, 7) is -1.19. The SMILES string of the molecule is NC1CC(N)[C@@H](O[C@H]2OC(CO)[C@@H](O)C(O)[C@H]2N)C(O[C@@H]2O[C@H](CO)C(O)[C@@H]2O)[C@@H]1O. The van der Waals surface area contributed by atoms with Crippen LogP contribution in [-0.2, 0) is 18.9 Å². The van der Waals surface area contributed by atoms with Gasteiger partial charge in [-0.05, 0) is 6.42 Å². The highest BCUT2D eigenvalue weighted by molar-refractivity contribution is 5.01. The molecular weight excluding hydrogens is 422 g/mol. The van der Waals surface area contributed by atoms with Crippen molar-refractivity contribution >= 4 is 0 Å². The molecule has 1 aliphatic carbocycles. The molecule has 0 aromatic carbocycles. The molecule has 1 saturated carbocycles. The largest absolute Gasteiger partial charge is 0.394 e. The Morgan fingerprint density at radius 2 is 1.16 bits per heavy atom. The van der Waals surface area contributed by atoms with Gasteiger partial charge in [0, 0.05) is 12.1 Å². The van der Waals surface area contributed by atoms with Gasteiger partial charge in [0.05, 0.1) is 25.4 Å². The lowest BCUT2D eigenvalue weighted by molar-refractivity contribution is -0.310. The molecule has 2 aliphatic heterocycles. The summed E-state index contributed by atoms with van der Waals surface area (Å²) >= 11 is 0. The molecule has 13 N–H and O–H groups in total. The monoisotopic (exact) mass is 455 g/mol. The molecule has 3 rings (SSSR count). The first-order valence-corrected chi connectivity index (χ1v) is 10.1. The lowest BCUT2D eigenvalue weighted by Crippen LogP contribution is -2.68. The second kappa shape index (κ2) is 10.1. The van der Waals surface area contributed by atoms with Crippen molar-refractivity contribution in [1.29, 1.82) is 0 Å². The molecule has 3 fully saturated rings. The van der Waals surface area contributed by atoms with Crippen LogP contribution in [0.1, 0.15) is 6.42 Å². The fourth-order valence-corrected chi connectivity index (χ4v) is 4.12. The summed E-state index contributed by atoms with van der Waals surface area (Å²) in [6, 6.07) is -2.82. The normalized spacial score (nSPS) is 53.6. The Morgan fingerprint density at radius 3 is 1.74 bits per heavy atom. The van der Waals surface area contributed by atoms with E-state index in [-0.39, 0.29) is 6.42 Å².